The fourth-order valence-electron chi connectivity index (χ4n) is 3.28. The van der Waals surface area contributed by atoms with Crippen LogP contribution in [-0.2, 0) is 5.54 Å². The minimum Gasteiger partial charge on any atom is -0.490 e. The van der Waals surface area contributed by atoms with Crippen LogP contribution in [0.2, 0.25) is 0 Å². The van der Waals surface area contributed by atoms with Crippen LogP contribution in [0.15, 0.2) is 36.4 Å². The van der Waals surface area contributed by atoms with E-state index in [0.29, 0.717) is 6.10 Å². The molecular weight excluding hydrogens is 286 g/mol. The van der Waals surface area contributed by atoms with E-state index in [1.807, 2.05) is 19.1 Å². The van der Waals surface area contributed by atoms with E-state index in [1.54, 1.807) is 0 Å². The molecule has 0 saturated heterocycles. The lowest BCUT2D eigenvalue weighted by molar-refractivity contribution is 0.136. The topological polar surface area (TPSA) is 55.5 Å². The predicted octanol–water partition coefficient (Wildman–Crippen LogP) is 3.96. The number of ether oxygens (including phenoxy) is 1. The zero-order valence-electron chi connectivity index (χ0n) is 14.1. The Hall–Kier alpha value is -1.58. The van der Waals surface area contributed by atoms with Crippen LogP contribution in [-0.4, -0.2) is 17.8 Å². The van der Waals surface area contributed by atoms with Gasteiger partial charge in [0.1, 0.15) is 5.75 Å². The summed E-state index contributed by atoms with van der Waals surface area (Å²) in [5, 5.41) is 11.7. The number of aliphatic hydroxyl groups is 1. The molecule has 0 heterocycles. The fraction of sp³-hybridized carbons (Fsp3) is 0.500. The normalized spacial score (nSPS) is 24.3. The molecule has 0 aliphatic heterocycles. The van der Waals surface area contributed by atoms with Gasteiger partial charge in [-0.05, 0) is 73.1 Å². The maximum atomic E-state index is 9.42. The quantitative estimate of drug-likeness (QED) is 0.898. The maximum Gasteiger partial charge on any atom is 0.120 e. The van der Waals surface area contributed by atoms with Crippen molar-refractivity contribution >= 4 is 10.8 Å². The number of fused-ring (bicyclic) bond motifs is 1. The molecule has 0 bridgehead atoms. The van der Waals surface area contributed by atoms with Gasteiger partial charge >= 0.3 is 0 Å². The van der Waals surface area contributed by atoms with E-state index < -0.39 is 5.54 Å². The van der Waals surface area contributed by atoms with Gasteiger partial charge in [-0.1, -0.05) is 25.1 Å². The molecule has 1 aliphatic carbocycles. The van der Waals surface area contributed by atoms with E-state index in [0.717, 1.165) is 40.8 Å². The summed E-state index contributed by atoms with van der Waals surface area (Å²) < 4.78 is 6.17. The molecule has 23 heavy (non-hydrogen) atoms. The summed E-state index contributed by atoms with van der Waals surface area (Å²) in [6.07, 6.45) is 5.18. The highest BCUT2D eigenvalue weighted by molar-refractivity contribution is 5.84. The number of aliphatic hydroxyl groups excluding tert-OH is 1. The summed E-state index contributed by atoms with van der Waals surface area (Å²) in [6.45, 7) is 4.09. The monoisotopic (exact) mass is 313 g/mol. The summed E-state index contributed by atoms with van der Waals surface area (Å²) in [6, 6.07) is 12.3. The van der Waals surface area contributed by atoms with Crippen LogP contribution in [0.25, 0.3) is 10.8 Å². The van der Waals surface area contributed by atoms with Gasteiger partial charge in [0.15, 0.2) is 0 Å². The molecule has 3 N–H and O–H groups in total. The third kappa shape index (κ3) is 3.67. The zero-order valence-corrected chi connectivity index (χ0v) is 14.1. The lowest BCUT2D eigenvalue weighted by Crippen LogP contribution is -2.36. The predicted molar refractivity (Wildman–Crippen MR) is 94.6 cm³/mol. The molecule has 3 rings (SSSR count). The molecule has 2 aromatic carbocycles. The number of benzene rings is 2. The molecule has 0 radical (unpaired) electrons. The molecule has 0 amide bonds. The van der Waals surface area contributed by atoms with Crippen molar-refractivity contribution in [2.75, 3.05) is 6.61 Å². The van der Waals surface area contributed by atoms with Crippen LogP contribution in [0.1, 0.15) is 45.1 Å². The van der Waals surface area contributed by atoms with Crippen LogP contribution in [0, 0.1) is 5.92 Å². The maximum absolute atomic E-state index is 9.42. The molecule has 3 heteroatoms. The van der Waals surface area contributed by atoms with E-state index in [-0.39, 0.29) is 6.61 Å². The van der Waals surface area contributed by atoms with Crippen molar-refractivity contribution in [3.05, 3.63) is 42.0 Å². The Kier molecular flexibility index (Phi) is 4.60. The Labute approximate surface area is 138 Å². The van der Waals surface area contributed by atoms with Crippen LogP contribution >= 0.6 is 0 Å². The van der Waals surface area contributed by atoms with Crippen LogP contribution in [0.5, 0.6) is 5.75 Å². The highest BCUT2D eigenvalue weighted by Crippen LogP contribution is 2.30. The summed E-state index contributed by atoms with van der Waals surface area (Å²) in [7, 11) is 0. The average molecular weight is 313 g/mol. The molecule has 0 aromatic heterocycles. The van der Waals surface area contributed by atoms with Crippen molar-refractivity contribution < 1.29 is 9.84 Å². The smallest absolute Gasteiger partial charge is 0.120 e. The molecular formula is C20H27NO2. The summed E-state index contributed by atoms with van der Waals surface area (Å²) in [5.74, 6) is 1.78. The number of nitrogens with two attached hydrogens (primary N) is 1. The van der Waals surface area contributed by atoms with Crippen LogP contribution < -0.4 is 10.5 Å². The van der Waals surface area contributed by atoms with Crippen molar-refractivity contribution in [2.45, 2.75) is 51.2 Å². The van der Waals surface area contributed by atoms with Gasteiger partial charge in [-0.15, -0.1) is 0 Å². The highest BCUT2D eigenvalue weighted by atomic mass is 16.5. The average Bonchev–Trinajstić information content (AvgIpc) is 2.56. The van der Waals surface area contributed by atoms with Gasteiger partial charge in [0.05, 0.1) is 18.2 Å². The number of hydrogen-bond donors (Lipinski definition) is 2. The van der Waals surface area contributed by atoms with Crippen LogP contribution in [0.3, 0.4) is 0 Å². The lowest BCUT2D eigenvalue weighted by atomic mass is 9.89. The Morgan fingerprint density at radius 1 is 1.09 bits per heavy atom. The molecule has 1 fully saturated rings. The van der Waals surface area contributed by atoms with E-state index in [1.165, 1.54) is 12.8 Å². The third-order valence-corrected chi connectivity index (χ3v) is 5.07. The van der Waals surface area contributed by atoms with Crippen molar-refractivity contribution in [1.29, 1.82) is 0 Å². The summed E-state index contributed by atoms with van der Waals surface area (Å²) in [4.78, 5) is 0. The van der Waals surface area contributed by atoms with Crippen LogP contribution in [0.4, 0.5) is 0 Å². The summed E-state index contributed by atoms with van der Waals surface area (Å²) >= 11 is 0. The Bertz CT molecular complexity index is 672. The first-order chi connectivity index (χ1) is 11.0. The van der Waals surface area contributed by atoms with Crippen molar-refractivity contribution in [3.8, 4) is 5.75 Å². The molecule has 0 unspecified atom stereocenters. The molecule has 1 aliphatic rings. The second-order valence-electron chi connectivity index (χ2n) is 7.30. The Morgan fingerprint density at radius 2 is 1.74 bits per heavy atom. The van der Waals surface area contributed by atoms with Gasteiger partial charge in [-0.2, -0.15) is 0 Å². The molecule has 3 nitrogen and oxygen atoms in total. The largest absolute Gasteiger partial charge is 0.490 e. The van der Waals surface area contributed by atoms with Gasteiger partial charge in [-0.25, -0.2) is 0 Å². The first-order valence-electron chi connectivity index (χ1n) is 8.58. The first-order valence-corrected chi connectivity index (χ1v) is 8.58. The highest BCUT2D eigenvalue weighted by Gasteiger charge is 2.21. The molecule has 124 valence electrons. The minimum atomic E-state index is -0.706. The number of rotatable bonds is 4. The third-order valence-electron chi connectivity index (χ3n) is 5.07. The fourth-order valence-corrected chi connectivity index (χ4v) is 3.28. The number of hydrogen-bond acceptors (Lipinski definition) is 3. The van der Waals surface area contributed by atoms with E-state index in [2.05, 4.69) is 31.2 Å². The molecule has 1 saturated carbocycles. The van der Waals surface area contributed by atoms with Gasteiger partial charge in [0.2, 0.25) is 0 Å². The Morgan fingerprint density at radius 3 is 2.43 bits per heavy atom. The van der Waals surface area contributed by atoms with E-state index >= 15 is 0 Å². The lowest BCUT2D eigenvalue weighted by Gasteiger charge is -2.27. The molecule has 0 spiro atoms. The summed E-state index contributed by atoms with van der Waals surface area (Å²) in [5.41, 5.74) is 6.36. The second kappa shape index (κ2) is 6.50. The Balaban J connectivity index is 1.78. The van der Waals surface area contributed by atoms with Gasteiger partial charge in [-0.3, -0.25) is 0 Å². The minimum absolute atomic E-state index is 0.0696. The van der Waals surface area contributed by atoms with Gasteiger partial charge in [0.25, 0.3) is 0 Å². The zero-order chi connectivity index (χ0) is 16.4. The van der Waals surface area contributed by atoms with Crippen molar-refractivity contribution in [2.24, 2.45) is 11.7 Å². The van der Waals surface area contributed by atoms with Crippen molar-refractivity contribution in [1.82, 2.24) is 0 Å². The van der Waals surface area contributed by atoms with E-state index in [4.69, 9.17) is 10.5 Å². The second-order valence-corrected chi connectivity index (χ2v) is 7.30. The van der Waals surface area contributed by atoms with Gasteiger partial charge < -0.3 is 15.6 Å². The molecule has 1 atom stereocenters. The van der Waals surface area contributed by atoms with E-state index in [9.17, 15) is 5.11 Å². The SMILES string of the molecule is CC1CCC(Oc2ccc3cc([C@@](C)(N)CO)ccc3c2)CC1. The van der Waals surface area contributed by atoms with Gasteiger partial charge in [0, 0.05) is 0 Å². The first kappa shape index (κ1) is 16.3. The van der Waals surface area contributed by atoms with Crippen molar-refractivity contribution in [3.63, 3.8) is 0 Å². The molecule has 2 aromatic rings. The standard InChI is InChI=1S/C20H27NO2/c1-14-3-8-18(9-4-14)23-19-10-6-15-11-17(20(2,21)13-22)7-5-16(15)12-19/h5-7,10-12,14,18,22H,3-4,8-9,13,21H2,1-2H3/t14?,18?,20-/m0/s1.